The minimum absolute atomic E-state index is 0.146. The molecule has 0 radical (unpaired) electrons. The largest absolute Gasteiger partial charge is 0.493 e. The number of hydrogen-bond acceptors (Lipinski definition) is 8. The van der Waals surface area contributed by atoms with Gasteiger partial charge in [-0.2, -0.15) is 0 Å². The molecule has 2 heterocycles. The Morgan fingerprint density at radius 2 is 1.51 bits per heavy atom. The van der Waals surface area contributed by atoms with E-state index >= 15 is 0 Å². The third-order valence-corrected chi connectivity index (χ3v) is 10.1. The highest BCUT2D eigenvalue weighted by atomic mass is 35.5. The highest BCUT2D eigenvalue weighted by Crippen LogP contribution is 2.44. The first kappa shape index (κ1) is 33.7. The first-order chi connectivity index (χ1) is 22.9. The molecule has 9 heteroatoms. The number of halogens is 1. The molecule has 2 fully saturated rings. The number of aliphatic hydroxyl groups excluding tert-OH is 2. The predicted molar refractivity (Wildman–Crippen MR) is 184 cm³/mol. The van der Waals surface area contributed by atoms with Crippen LogP contribution in [0.1, 0.15) is 71.7 Å². The Hall–Kier alpha value is -3.14. The van der Waals surface area contributed by atoms with Crippen molar-refractivity contribution in [3.05, 3.63) is 75.8 Å². The summed E-state index contributed by atoms with van der Waals surface area (Å²) in [6.07, 6.45) is 6.17. The first-order valence-corrected chi connectivity index (χ1v) is 17.5. The van der Waals surface area contributed by atoms with Crippen molar-refractivity contribution in [2.24, 2.45) is 0 Å². The molecule has 2 atom stereocenters. The fourth-order valence-corrected chi connectivity index (χ4v) is 7.38. The minimum atomic E-state index is -0.240. The number of fused-ring (bicyclic) bond motifs is 1. The Balaban J connectivity index is 1.10. The van der Waals surface area contributed by atoms with E-state index in [0.29, 0.717) is 41.8 Å². The maximum absolute atomic E-state index is 11.8. The number of hydrogen-bond donors (Lipinski definition) is 2. The molecule has 6 rings (SSSR count). The highest BCUT2D eigenvalue weighted by molar-refractivity contribution is 6.32. The average molecular weight is 663 g/mol. The van der Waals surface area contributed by atoms with Gasteiger partial charge in [-0.05, 0) is 91.8 Å². The number of ether oxygens (including phenoxy) is 3. The summed E-state index contributed by atoms with van der Waals surface area (Å²) >= 11 is 6.62. The van der Waals surface area contributed by atoms with Crippen LogP contribution in [0.2, 0.25) is 5.02 Å². The van der Waals surface area contributed by atoms with Gasteiger partial charge in [-0.15, -0.1) is 0 Å². The molecule has 2 saturated heterocycles. The quantitative estimate of drug-likeness (QED) is 0.155. The van der Waals surface area contributed by atoms with E-state index in [0.717, 1.165) is 106 Å². The van der Waals surface area contributed by atoms with Crippen LogP contribution in [-0.4, -0.2) is 91.0 Å². The van der Waals surface area contributed by atoms with Crippen molar-refractivity contribution in [1.82, 2.24) is 9.80 Å². The van der Waals surface area contributed by atoms with Crippen LogP contribution in [0.4, 0.5) is 0 Å². The van der Waals surface area contributed by atoms with Crippen LogP contribution in [0.25, 0.3) is 11.1 Å². The van der Waals surface area contributed by atoms with Gasteiger partial charge in [-0.3, -0.25) is 4.79 Å². The van der Waals surface area contributed by atoms with Gasteiger partial charge in [0.2, 0.25) is 0 Å². The van der Waals surface area contributed by atoms with Crippen LogP contribution in [-0.2, 0) is 6.42 Å². The van der Waals surface area contributed by atoms with Crippen molar-refractivity contribution in [2.75, 3.05) is 52.5 Å². The zero-order valence-corrected chi connectivity index (χ0v) is 28.1. The SMILES string of the molecule is Cc1c(OCCCN2CCC(O)CC2)cccc1-c1cccc2c1CC[C@@H]2Oc1cc(OCCCN2CC[C@@H](O)C2)c(C=O)cc1Cl. The van der Waals surface area contributed by atoms with E-state index in [1.807, 2.05) is 6.07 Å². The molecular weight excluding hydrogens is 616 g/mol. The third-order valence-electron chi connectivity index (χ3n) is 9.81. The third kappa shape index (κ3) is 8.30. The number of carbonyl (C=O) groups excluding carboxylic acids is 1. The summed E-state index contributed by atoms with van der Waals surface area (Å²) < 4.78 is 18.8. The van der Waals surface area contributed by atoms with Crippen molar-refractivity contribution in [3.8, 4) is 28.4 Å². The molecule has 8 nitrogen and oxygen atoms in total. The van der Waals surface area contributed by atoms with Crippen molar-refractivity contribution in [2.45, 2.75) is 70.2 Å². The summed E-state index contributed by atoms with van der Waals surface area (Å²) in [7, 11) is 0. The second-order valence-corrected chi connectivity index (χ2v) is 13.5. The van der Waals surface area contributed by atoms with Gasteiger partial charge >= 0.3 is 0 Å². The molecule has 0 unspecified atom stereocenters. The Morgan fingerprint density at radius 3 is 2.26 bits per heavy atom. The van der Waals surface area contributed by atoms with Gasteiger partial charge in [-0.25, -0.2) is 0 Å². The van der Waals surface area contributed by atoms with E-state index in [2.05, 4.69) is 47.1 Å². The second-order valence-electron chi connectivity index (χ2n) is 13.1. The second kappa shape index (κ2) is 15.8. The lowest BCUT2D eigenvalue weighted by Crippen LogP contribution is -2.36. The summed E-state index contributed by atoms with van der Waals surface area (Å²) in [5.41, 5.74) is 6.30. The number of aliphatic hydroxyl groups is 2. The van der Waals surface area contributed by atoms with Crippen molar-refractivity contribution in [1.29, 1.82) is 0 Å². The van der Waals surface area contributed by atoms with Gasteiger partial charge in [0.25, 0.3) is 0 Å². The molecule has 3 aromatic rings. The molecule has 0 amide bonds. The number of benzene rings is 3. The van der Waals surface area contributed by atoms with Crippen LogP contribution in [0.5, 0.6) is 17.2 Å². The number of rotatable bonds is 14. The normalized spacial score (nSPS) is 20.3. The Bertz CT molecular complexity index is 1520. The lowest BCUT2D eigenvalue weighted by atomic mass is 9.93. The maximum Gasteiger partial charge on any atom is 0.153 e. The molecule has 1 aliphatic carbocycles. The van der Waals surface area contributed by atoms with Crippen molar-refractivity contribution >= 4 is 17.9 Å². The van der Waals surface area contributed by atoms with Crippen LogP contribution >= 0.6 is 11.6 Å². The van der Waals surface area contributed by atoms with Crippen LogP contribution in [0.3, 0.4) is 0 Å². The molecular formula is C38H47ClN2O6. The smallest absolute Gasteiger partial charge is 0.153 e. The molecule has 2 N–H and O–H groups in total. The van der Waals surface area contributed by atoms with Crippen LogP contribution in [0.15, 0.2) is 48.5 Å². The van der Waals surface area contributed by atoms with Gasteiger partial charge in [-0.1, -0.05) is 41.9 Å². The van der Waals surface area contributed by atoms with Crippen LogP contribution in [0, 0.1) is 6.92 Å². The van der Waals surface area contributed by atoms with Gasteiger partial charge in [0.15, 0.2) is 6.29 Å². The Morgan fingerprint density at radius 1 is 0.830 bits per heavy atom. The maximum atomic E-state index is 11.8. The number of aldehydes is 1. The number of β-amino-alcohol motifs (C(OH)–C–C–N with tert-alkyl or cyclic N) is 1. The molecule has 47 heavy (non-hydrogen) atoms. The average Bonchev–Trinajstić information content (AvgIpc) is 3.69. The molecule has 0 saturated carbocycles. The Kier molecular flexibility index (Phi) is 11.4. The number of nitrogens with zero attached hydrogens (tertiary/aromatic N) is 2. The fraction of sp³-hybridized carbons (Fsp3) is 0.500. The van der Waals surface area contributed by atoms with Gasteiger partial charge in [0.05, 0.1) is 36.0 Å². The van der Waals surface area contributed by atoms with E-state index in [4.69, 9.17) is 25.8 Å². The van der Waals surface area contributed by atoms with Crippen molar-refractivity contribution < 1.29 is 29.2 Å². The van der Waals surface area contributed by atoms with E-state index in [1.165, 1.54) is 11.1 Å². The molecule has 3 aliphatic rings. The van der Waals surface area contributed by atoms with Crippen molar-refractivity contribution in [3.63, 3.8) is 0 Å². The lowest BCUT2D eigenvalue weighted by Gasteiger charge is -2.29. The standard InChI is InChI=1S/C38H47ClN2O6/c1-26-30(6-3-9-35(26)45-20-4-15-40-17-12-28(43)13-18-40)31-7-2-8-33-32(31)10-11-36(33)47-38-23-37(27(25-42)22-34(38)39)46-21-5-16-41-19-14-29(44)24-41/h2-3,6-9,22-23,25,28-29,36,43-44H,4-5,10-21,24H2,1H3/t29-,36+/m1/s1. The molecule has 2 aliphatic heterocycles. The number of likely N-dealkylation sites (tertiary alicyclic amines) is 2. The monoisotopic (exact) mass is 662 g/mol. The topological polar surface area (TPSA) is 91.7 Å². The molecule has 0 spiro atoms. The molecule has 0 aromatic heterocycles. The zero-order valence-electron chi connectivity index (χ0n) is 27.3. The summed E-state index contributed by atoms with van der Waals surface area (Å²) in [6.45, 7) is 8.57. The van der Waals surface area contributed by atoms with E-state index in [1.54, 1.807) is 12.1 Å². The fourth-order valence-electron chi connectivity index (χ4n) is 7.16. The number of carbonyl (C=O) groups is 1. The molecule has 0 bridgehead atoms. The minimum Gasteiger partial charge on any atom is -0.493 e. The summed E-state index contributed by atoms with van der Waals surface area (Å²) in [4.78, 5) is 16.5. The zero-order chi connectivity index (χ0) is 32.8. The summed E-state index contributed by atoms with van der Waals surface area (Å²) in [5, 5.41) is 19.9. The Labute approximate surface area is 283 Å². The summed E-state index contributed by atoms with van der Waals surface area (Å²) in [6, 6.07) is 16.0. The van der Waals surface area contributed by atoms with Crippen LogP contribution < -0.4 is 14.2 Å². The summed E-state index contributed by atoms with van der Waals surface area (Å²) in [5.74, 6) is 1.88. The lowest BCUT2D eigenvalue weighted by molar-refractivity contribution is 0.0800. The van der Waals surface area contributed by atoms with E-state index in [9.17, 15) is 15.0 Å². The highest BCUT2D eigenvalue weighted by Gasteiger charge is 2.28. The van der Waals surface area contributed by atoms with Gasteiger partial charge in [0.1, 0.15) is 23.4 Å². The van der Waals surface area contributed by atoms with E-state index < -0.39 is 0 Å². The van der Waals surface area contributed by atoms with E-state index in [-0.39, 0.29) is 18.3 Å². The first-order valence-electron chi connectivity index (χ1n) is 17.1. The molecule has 3 aromatic carbocycles. The number of piperidine rings is 1. The van der Waals surface area contributed by atoms with Gasteiger partial charge in [0, 0.05) is 45.3 Å². The van der Waals surface area contributed by atoms with Gasteiger partial charge < -0.3 is 34.2 Å². The molecule has 252 valence electrons. The predicted octanol–water partition coefficient (Wildman–Crippen LogP) is 6.26.